The molecule has 0 saturated carbocycles. The summed E-state index contributed by atoms with van der Waals surface area (Å²) in [5.74, 6) is -0.583. The third-order valence-electron chi connectivity index (χ3n) is 4.66. The first kappa shape index (κ1) is 21.9. The minimum atomic E-state index is -0.413. The summed E-state index contributed by atoms with van der Waals surface area (Å²) in [6.07, 6.45) is 2.37. The van der Waals surface area contributed by atoms with Crippen molar-refractivity contribution in [2.24, 2.45) is 0 Å². The van der Waals surface area contributed by atoms with Crippen molar-refractivity contribution in [3.05, 3.63) is 62.6 Å². The fourth-order valence-corrected chi connectivity index (χ4v) is 2.96. The van der Waals surface area contributed by atoms with Crippen LogP contribution in [-0.4, -0.2) is 23.5 Å². The highest BCUT2D eigenvalue weighted by molar-refractivity contribution is 5.93. The van der Waals surface area contributed by atoms with Gasteiger partial charge in [-0.05, 0) is 62.1 Å². The summed E-state index contributed by atoms with van der Waals surface area (Å²) in [5.41, 5.74) is 2.73. The zero-order chi connectivity index (χ0) is 21.4. The average molecular weight is 395 g/mol. The van der Waals surface area contributed by atoms with Crippen molar-refractivity contribution in [1.29, 1.82) is 5.26 Å². The molecule has 0 spiro atoms. The predicted octanol–water partition coefficient (Wildman–Crippen LogP) is 3.39. The number of anilines is 1. The number of rotatable bonds is 8. The molecule has 7 nitrogen and oxygen atoms in total. The van der Waals surface area contributed by atoms with Crippen molar-refractivity contribution < 1.29 is 14.3 Å². The van der Waals surface area contributed by atoms with Gasteiger partial charge in [-0.3, -0.25) is 9.59 Å². The molecule has 1 amide bonds. The number of benzene rings is 1. The Morgan fingerprint density at radius 3 is 2.52 bits per heavy atom. The summed E-state index contributed by atoms with van der Waals surface area (Å²) in [5, 5.41) is 11.9. The van der Waals surface area contributed by atoms with Gasteiger partial charge in [0.15, 0.2) is 0 Å². The van der Waals surface area contributed by atoms with Gasteiger partial charge in [0.1, 0.15) is 11.6 Å². The van der Waals surface area contributed by atoms with Crippen molar-refractivity contribution in [1.82, 2.24) is 4.98 Å². The molecule has 2 N–H and O–H groups in total. The number of nitriles is 1. The number of carbonyl (C=O) groups excluding carboxylic acids is 2. The number of pyridine rings is 1. The molecule has 0 saturated heterocycles. The summed E-state index contributed by atoms with van der Waals surface area (Å²) in [6, 6.07) is 8.43. The van der Waals surface area contributed by atoms with E-state index in [0.717, 1.165) is 18.4 Å². The Labute approximate surface area is 169 Å². The van der Waals surface area contributed by atoms with Gasteiger partial charge in [-0.15, -0.1) is 0 Å². The molecule has 0 unspecified atom stereocenters. The van der Waals surface area contributed by atoms with E-state index in [9.17, 15) is 14.4 Å². The third kappa shape index (κ3) is 5.79. The van der Waals surface area contributed by atoms with E-state index in [0.29, 0.717) is 35.5 Å². The zero-order valence-electron chi connectivity index (χ0n) is 16.9. The second kappa shape index (κ2) is 10.2. The highest BCUT2D eigenvalue weighted by Crippen LogP contribution is 2.16. The maximum Gasteiger partial charge on any atom is 0.338 e. The number of unbranched alkanes of at least 4 members (excludes halogenated alkanes) is 1. The lowest BCUT2D eigenvalue weighted by atomic mass is 9.99. The van der Waals surface area contributed by atoms with Crippen LogP contribution in [0.3, 0.4) is 0 Å². The molecule has 2 aromatic rings. The lowest BCUT2D eigenvalue weighted by molar-refractivity contribution is -0.116. The van der Waals surface area contributed by atoms with E-state index in [1.165, 1.54) is 0 Å². The fourth-order valence-electron chi connectivity index (χ4n) is 2.96. The number of aromatic amines is 1. The quantitative estimate of drug-likeness (QED) is 0.525. The molecule has 0 aliphatic rings. The van der Waals surface area contributed by atoms with Gasteiger partial charge in [-0.25, -0.2) is 4.79 Å². The van der Waals surface area contributed by atoms with Crippen LogP contribution in [0, 0.1) is 25.2 Å². The highest BCUT2D eigenvalue weighted by Gasteiger charge is 2.14. The Bertz CT molecular complexity index is 985. The molecule has 29 heavy (non-hydrogen) atoms. The third-order valence-corrected chi connectivity index (χ3v) is 4.66. The van der Waals surface area contributed by atoms with Crippen molar-refractivity contribution in [2.45, 2.75) is 46.5 Å². The number of hydrogen-bond donors (Lipinski definition) is 2. The molecule has 0 atom stereocenters. The smallest absolute Gasteiger partial charge is 0.338 e. The fraction of sp³-hybridized carbons (Fsp3) is 0.364. The normalized spacial score (nSPS) is 10.3. The van der Waals surface area contributed by atoms with Gasteiger partial charge in [-0.2, -0.15) is 5.26 Å². The second-order valence-corrected chi connectivity index (χ2v) is 6.78. The largest absolute Gasteiger partial charge is 0.462 e. The molecule has 1 aromatic heterocycles. The van der Waals surface area contributed by atoms with Gasteiger partial charge in [0.2, 0.25) is 5.91 Å². The summed E-state index contributed by atoms with van der Waals surface area (Å²) >= 11 is 0. The lowest BCUT2D eigenvalue weighted by Crippen LogP contribution is -2.18. The van der Waals surface area contributed by atoms with E-state index in [-0.39, 0.29) is 23.9 Å². The van der Waals surface area contributed by atoms with Crippen LogP contribution in [0.4, 0.5) is 5.69 Å². The van der Waals surface area contributed by atoms with Crippen LogP contribution in [0.15, 0.2) is 29.1 Å². The molecule has 0 bridgehead atoms. The van der Waals surface area contributed by atoms with E-state index >= 15 is 0 Å². The number of carbonyl (C=O) groups is 2. The highest BCUT2D eigenvalue weighted by atomic mass is 16.5. The molecule has 0 aliphatic carbocycles. The monoisotopic (exact) mass is 395 g/mol. The maximum atomic E-state index is 12.3. The minimum absolute atomic E-state index is 0.0763. The van der Waals surface area contributed by atoms with E-state index < -0.39 is 5.56 Å². The average Bonchev–Trinajstić information content (AvgIpc) is 2.68. The first-order valence-electron chi connectivity index (χ1n) is 9.56. The molecular formula is C22H25N3O4. The number of nitrogens with one attached hydrogen (secondary N) is 2. The molecule has 0 radical (unpaired) electrons. The van der Waals surface area contributed by atoms with Crippen LogP contribution in [-0.2, 0) is 16.0 Å². The van der Waals surface area contributed by atoms with Gasteiger partial charge in [0.05, 0.1) is 12.2 Å². The zero-order valence-corrected chi connectivity index (χ0v) is 16.9. The maximum absolute atomic E-state index is 12.3. The first-order chi connectivity index (χ1) is 13.9. The Hall–Kier alpha value is -3.40. The predicted molar refractivity (Wildman–Crippen MR) is 110 cm³/mol. The van der Waals surface area contributed by atoms with E-state index in [1.54, 1.807) is 38.1 Å². The summed E-state index contributed by atoms with van der Waals surface area (Å²) in [7, 11) is 0. The van der Waals surface area contributed by atoms with Crippen LogP contribution >= 0.6 is 0 Å². The number of esters is 1. The molecule has 2 rings (SSSR count). The number of nitrogens with zero attached hydrogens (tertiary/aromatic N) is 1. The lowest BCUT2D eigenvalue weighted by Gasteiger charge is -2.11. The van der Waals surface area contributed by atoms with Crippen molar-refractivity contribution in [2.75, 3.05) is 11.9 Å². The first-order valence-corrected chi connectivity index (χ1v) is 9.56. The van der Waals surface area contributed by atoms with Crippen LogP contribution in [0.2, 0.25) is 0 Å². The van der Waals surface area contributed by atoms with Crippen LogP contribution < -0.4 is 10.9 Å². The Morgan fingerprint density at radius 2 is 1.90 bits per heavy atom. The van der Waals surface area contributed by atoms with Gasteiger partial charge >= 0.3 is 5.97 Å². The number of aromatic nitrogens is 1. The Balaban J connectivity index is 1.96. The molecular weight excluding hydrogens is 370 g/mol. The van der Waals surface area contributed by atoms with Gasteiger partial charge in [0.25, 0.3) is 5.56 Å². The number of aryl methyl sites for hydroxylation is 1. The SMILES string of the molecule is CCCCOC(=O)c1ccc(NC(=O)CCc2c(C)[nH]c(=O)c(C#N)c2C)cc1. The number of hydrogen-bond acceptors (Lipinski definition) is 5. The molecule has 1 aromatic carbocycles. The van der Waals surface area contributed by atoms with Gasteiger partial charge in [-0.1, -0.05) is 13.3 Å². The molecule has 0 fully saturated rings. The van der Waals surface area contributed by atoms with Gasteiger partial charge in [0, 0.05) is 17.8 Å². The van der Waals surface area contributed by atoms with E-state index in [2.05, 4.69) is 10.3 Å². The van der Waals surface area contributed by atoms with E-state index in [1.807, 2.05) is 13.0 Å². The molecule has 0 aliphatic heterocycles. The summed E-state index contributed by atoms with van der Waals surface area (Å²) < 4.78 is 5.15. The Kier molecular flexibility index (Phi) is 7.72. The van der Waals surface area contributed by atoms with Crippen LogP contribution in [0.1, 0.15) is 58.9 Å². The van der Waals surface area contributed by atoms with E-state index in [4.69, 9.17) is 10.00 Å². The standard InChI is InChI=1S/C22H25N3O4/c1-4-5-12-29-22(28)16-6-8-17(9-7-16)25-20(26)11-10-18-14(2)19(13-23)21(27)24-15(18)3/h6-9H,4-5,10-12H2,1-3H3,(H,24,27)(H,25,26). The Morgan fingerprint density at radius 1 is 1.21 bits per heavy atom. The number of ether oxygens (including phenoxy) is 1. The molecule has 7 heteroatoms. The van der Waals surface area contributed by atoms with Crippen molar-refractivity contribution in [3.8, 4) is 6.07 Å². The number of amides is 1. The number of H-pyrrole nitrogens is 1. The van der Waals surface area contributed by atoms with Gasteiger partial charge < -0.3 is 15.0 Å². The van der Waals surface area contributed by atoms with Crippen LogP contribution in [0.5, 0.6) is 0 Å². The summed E-state index contributed by atoms with van der Waals surface area (Å²) in [4.78, 5) is 38.6. The van der Waals surface area contributed by atoms with Crippen molar-refractivity contribution in [3.63, 3.8) is 0 Å². The molecule has 152 valence electrons. The molecule has 1 heterocycles. The second-order valence-electron chi connectivity index (χ2n) is 6.78. The minimum Gasteiger partial charge on any atom is -0.462 e. The topological polar surface area (TPSA) is 112 Å². The van der Waals surface area contributed by atoms with Crippen LogP contribution in [0.25, 0.3) is 0 Å². The van der Waals surface area contributed by atoms with Crippen molar-refractivity contribution >= 4 is 17.6 Å². The summed E-state index contributed by atoms with van der Waals surface area (Å²) in [6.45, 7) is 5.88.